The van der Waals surface area contributed by atoms with E-state index in [0.29, 0.717) is 18.7 Å². The van der Waals surface area contributed by atoms with Gasteiger partial charge >= 0.3 is 0 Å². The van der Waals surface area contributed by atoms with Gasteiger partial charge in [0, 0.05) is 74.6 Å². The van der Waals surface area contributed by atoms with Crippen molar-refractivity contribution in [1.29, 1.82) is 0 Å². The summed E-state index contributed by atoms with van der Waals surface area (Å²) in [7, 11) is 1.70. The maximum Gasteiger partial charge on any atom is 0.163 e. The van der Waals surface area contributed by atoms with Crippen molar-refractivity contribution < 1.29 is 9.47 Å². The highest BCUT2D eigenvalue weighted by Crippen LogP contribution is 2.32. The van der Waals surface area contributed by atoms with Crippen LogP contribution in [0, 0.1) is 0 Å². The van der Waals surface area contributed by atoms with Crippen molar-refractivity contribution in [2.75, 3.05) is 56.2 Å². The summed E-state index contributed by atoms with van der Waals surface area (Å²) in [5.74, 6) is 1.61. The number of ether oxygens (including phenoxy) is 2. The van der Waals surface area contributed by atoms with Crippen LogP contribution in [0.3, 0.4) is 0 Å². The maximum absolute atomic E-state index is 6.17. The molecule has 6 nitrogen and oxygen atoms in total. The van der Waals surface area contributed by atoms with Gasteiger partial charge < -0.3 is 19.3 Å². The Balaban J connectivity index is 1.62. The number of hydrogen-bond acceptors (Lipinski definition) is 6. The first kappa shape index (κ1) is 22.2. The van der Waals surface area contributed by atoms with E-state index in [1.165, 1.54) is 11.4 Å². The summed E-state index contributed by atoms with van der Waals surface area (Å²) in [6, 6.07) is 11.4. The first-order valence-corrected chi connectivity index (χ1v) is 11.0. The number of aromatic nitrogens is 1. The Morgan fingerprint density at radius 3 is 2.03 bits per heavy atom. The van der Waals surface area contributed by atoms with Gasteiger partial charge in [0.05, 0.1) is 7.11 Å². The molecule has 164 valence electrons. The molecule has 0 atom stereocenters. The van der Waals surface area contributed by atoms with E-state index in [-0.39, 0.29) is 0 Å². The van der Waals surface area contributed by atoms with Crippen LogP contribution in [-0.2, 0) is 0 Å². The minimum atomic E-state index is 0.499. The Kier molecular flexibility index (Phi) is 7.80. The molecule has 0 spiro atoms. The topological polar surface area (TPSA) is 41.1 Å². The second-order valence-electron chi connectivity index (χ2n) is 8.29. The lowest BCUT2D eigenvalue weighted by Gasteiger charge is -2.37. The summed E-state index contributed by atoms with van der Waals surface area (Å²) in [5, 5.41) is 0. The van der Waals surface area contributed by atoms with Crippen molar-refractivity contribution in [1.82, 2.24) is 9.88 Å². The summed E-state index contributed by atoms with van der Waals surface area (Å²) in [6.45, 7) is 14.4. The van der Waals surface area contributed by atoms with Gasteiger partial charge in [-0.05, 0) is 52.0 Å². The molecule has 3 rings (SSSR count). The molecule has 1 fully saturated rings. The van der Waals surface area contributed by atoms with E-state index < -0.39 is 0 Å². The first-order chi connectivity index (χ1) is 14.5. The molecular formula is C24H36N4O2. The number of piperazine rings is 1. The van der Waals surface area contributed by atoms with Crippen LogP contribution in [0.5, 0.6) is 11.5 Å². The third kappa shape index (κ3) is 5.57. The van der Waals surface area contributed by atoms with E-state index in [0.717, 1.165) is 44.2 Å². The molecule has 1 aliphatic heterocycles. The molecule has 1 aliphatic rings. The standard InChI is InChI=1S/C24H36N4O2/c1-19(2)28(20(3)4)16-17-30-24-18-22(6-7-23(24)29-5)27-14-12-26(13-15-27)21-8-10-25-11-9-21/h6-11,18-20H,12-17H2,1-5H3. The quantitative estimate of drug-likeness (QED) is 0.622. The molecular weight excluding hydrogens is 376 g/mol. The number of hydrogen-bond donors (Lipinski definition) is 0. The molecule has 0 bridgehead atoms. The second-order valence-corrected chi connectivity index (χ2v) is 8.29. The minimum absolute atomic E-state index is 0.499. The van der Waals surface area contributed by atoms with Crippen molar-refractivity contribution in [3.63, 3.8) is 0 Å². The van der Waals surface area contributed by atoms with Gasteiger partial charge in [-0.3, -0.25) is 9.88 Å². The average Bonchev–Trinajstić information content (AvgIpc) is 2.76. The fourth-order valence-electron chi connectivity index (χ4n) is 4.13. The summed E-state index contributed by atoms with van der Waals surface area (Å²) in [6.07, 6.45) is 3.71. The molecule has 0 N–H and O–H groups in total. The number of rotatable bonds is 9. The van der Waals surface area contributed by atoms with E-state index >= 15 is 0 Å². The lowest BCUT2D eigenvalue weighted by Crippen LogP contribution is -2.46. The monoisotopic (exact) mass is 412 g/mol. The summed E-state index contributed by atoms with van der Waals surface area (Å²) < 4.78 is 11.7. The van der Waals surface area contributed by atoms with Gasteiger partial charge in [0.2, 0.25) is 0 Å². The van der Waals surface area contributed by atoms with Crippen LogP contribution in [0.15, 0.2) is 42.7 Å². The van der Waals surface area contributed by atoms with Crippen molar-refractivity contribution in [2.45, 2.75) is 39.8 Å². The van der Waals surface area contributed by atoms with Crippen LogP contribution in [0.1, 0.15) is 27.7 Å². The third-order valence-corrected chi connectivity index (χ3v) is 5.75. The average molecular weight is 413 g/mol. The van der Waals surface area contributed by atoms with Crippen molar-refractivity contribution >= 4 is 11.4 Å². The Morgan fingerprint density at radius 1 is 0.867 bits per heavy atom. The number of pyridine rings is 1. The zero-order valence-corrected chi connectivity index (χ0v) is 19.0. The molecule has 0 unspecified atom stereocenters. The molecule has 1 aromatic carbocycles. The molecule has 2 heterocycles. The zero-order chi connectivity index (χ0) is 21.5. The lowest BCUT2D eigenvalue weighted by molar-refractivity contribution is 0.140. The minimum Gasteiger partial charge on any atom is -0.493 e. The Bertz CT molecular complexity index is 766. The van der Waals surface area contributed by atoms with Crippen LogP contribution in [0.2, 0.25) is 0 Å². The molecule has 0 aliphatic carbocycles. The summed E-state index contributed by atoms with van der Waals surface area (Å²) >= 11 is 0. The van der Waals surface area contributed by atoms with Crippen LogP contribution in [0.4, 0.5) is 11.4 Å². The van der Waals surface area contributed by atoms with Crippen LogP contribution >= 0.6 is 0 Å². The SMILES string of the molecule is COc1ccc(N2CCN(c3ccncc3)CC2)cc1OCCN(C(C)C)C(C)C. The molecule has 6 heteroatoms. The smallest absolute Gasteiger partial charge is 0.163 e. The van der Waals surface area contributed by atoms with Crippen molar-refractivity contribution in [3.05, 3.63) is 42.7 Å². The fraction of sp³-hybridized carbons (Fsp3) is 0.542. The number of nitrogens with zero attached hydrogens (tertiary/aromatic N) is 4. The lowest BCUT2D eigenvalue weighted by atomic mass is 10.2. The molecule has 1 aromatic heterocycles. The van der Waals surface area contributed by atoms with E-state index in [2.05, 4.69) is 71.6 Å². The highest BCUT2D eigenvalue weighted by molar-refractivity contribution is 5.58. The maximum atomic E-state index is 6.17. The molecule has 0 amide bonds. The predicted molar refractivity (Wildman–Crippen MR) is 124 cm³/mol. The van der Waals surface area contributed by atoms with Crippen molar-refractivity contribution in [3.8, 4) is 11.5 Å². The Labute approximate surface area is 181 Å². The summed E-state index contributed by atoms with van der Waals surface area (Å²) in [4.78, 5) is 11.4. The normalized spacial score (nSPS) is 14.7. The van der Waals surface area contributed by atoms with Gasteiger partial charge in [-0.25, -0.2) is 0 Å². The van der Waals surface area contributed by atoms with Gasteiger partial charge in [0.15, 0.2) is 11.5 Å². The molecule has 30 heavy (non-hydrogen) atoms. The highest BCUT2D eigenvalue weighted by atomic mass is 16.5. The van der Waals surface area contributed by atoms with Crippen LogP contribution < -0.4 is 19.3 Å². The molecule has 0 saturated carbocycles. The third-order valence-electron chi connectivity index (χ3n) is 5.75. The molecule has 0 radical (unpaired) electrons. The van der Waals surface area contributed by atoms with E-state index in [9.17, 15) is 0 Å². The van der Waals surface area contributed by atoms with Gasteiger partial charge in [-0.2, -0.15) is 0 Å². The van der Waals surface area contributed by atoms with Gasteiger partial charge in [0.25, 0.3) is 0 Å². The van der Waals surface area contributed by atoms with Gasteiger partial charge in [0.1, 0.15) is 6.61 Å². The fourth-order valence-corrected chi connectivity index (χ4v) is 4.13. The first-order valence-electron chi connectivity index (χ1n) is 11.0. The van der Waals surface area contributed by atoms with Gasteiger partial charge in [-0.1, -0.05) is 0 Å². The van der Waals surface area contributed by atoms with E-state index in [1.54, 1.807) is 7.11 Å². The van der Waals surface area contributed by atoms with Crippen LogP contribution in [0.25, 0.3) is 0 Å². The van der Waals surface area contributed by atoms with Gasteiger partial charge in [-0.15, -0.1) is 0 Å². The summed E-state index contributed by atoms with van der Waals surface area (Å²) in [5.41, 5.74) is 2.42. The largest absolute Gasteiger partial charge is 0.493 e. The number of anilines is 2. The predicted octanol–water partition coefficient (Wildman–Crippen LogP) is 3.91. The van der Waals surface area contributed by atoms with Crippen molar-refractivity contribution in [2.24, 2.45) is 0 Å². The second kappa shape index (κ2) is 10.5. The Hall–Kier alpha value is -2.47. The molecule has 2 aromatic rings. The van der Waals surface area contributed by atoms with E-state index in [4.69, 9.17) is 9.47 Å². The number of methoxy groups -OCH3 is 1. The van der Waals surface area contributed by atoms with E-state index in [1.807, 2.05) is 18.5 Å². The highest BCUT2D eigenvalue weighted by Gasteiger charge is 2.19. The molecule has 1 saturated heterocycles. The van der Waals surface area contributed by atoms with Crippen LogP contribution in [-0.4, -0.2) is 68.4 Å². The zero-order valence-electron chi connectivity index (χ0n) is 19.0. The Morgan fingerprint density at radius 2 is 1.47 bits per heavy atom. The number of benzene rings is 1.